The Morgan fingerprint density at radius 3 is 2.54 bits per heavy atom. The Balaban J connectivity index is 1.65. The van der Waals surface area contributed by atoms with Crippen molar-refractivity contribution in [2.24, 2.45) is 0 Å². The molecule has 2 saturated carbocycles. The number of carbonyl (C=O) groups excluding carboxylic acids is 2. The van der Waals surface area contributed by atoms with Crippen LogP contribution in [0.3, 0.4) is 0 Å². The zero-order valence-corrected chi connectivity index (χ0v) is 15.8. The molecule has 1 atom stereocenters. The zero-order chi connectivity index (χ0) is 18.9. The van der Waals surface area contributed by atoms with E-state index in [1.807, 2.05) is 19.9 Å². The number of esters is 1. The molecule has 0 aromatic carbocycles. The van der Waals surface area contributed by atoms with Crippen molar-refractivity contribution in [2.45, 2.75) is 83.4 Å². The number of nitriles is 1. The largest absolute Gasteiger partial charge is 0.449 e. The molecule has 2 aliphatic carbocycles. The fourth-order valence-electron chi connectivity index (χ4n) is 3.91. The molecule has 140 valence electrons. The lowest BCUT2D eigenvalue weighted by Gasteiger charge is -2.32. The molecule has 1 heterocycles. The van der Waals surface area contributed by atoms with Gasteiger partial charge in [0.1, 0.15) is 5.54 Å². The quantitative estimate of drug-likeness (QED) is 0.819. The van der Waals surface area contributed by atoms with Gasteiger partial charge >= 0.3 is 5.97 Å². The number of ether oxygens (including phenoxy) is 1. The number of aryl methyl sites for hydroxylation is 1. The second-order valence-corrected chi connectivity index (χ2v) is 7.68. The Kier molecular flexibility index (Phi) is 5.08. The molecule has 0 bridgehead atoms. The topological polar surface area (TPSA) is 84.1 Å². The Morgan fingerprint density at radius 2 is 1.96 bits per heavy atom. The first-order valence-electron chi connectivity index (χ1n) is 9.49. The van der Waals surface area contributed by atoms with Crippen LogP contribution in [-0.2, 0) is 9.53 Å². The smallest absolute Gasteiger partial charge is 0.340 e. The molecule has 0 radical (unpaired) electrons. The maximum atomic E-state index is 12.5. The summed E-state index contributed by atoms with van der Waals surface area (Å²) < 4.78 is 7.58. The summed E-state index contributed by atoms with van der Waals surface area (Å²) >= 11 is 0. The molecule has 0 spiro atoms. The molecule has 26 heavy (non-hydrogen) atoms. The molecule has 2 fully saturated rings. The van der Waals surface area contributed by atoms with E-state index < -0.39 is 23.5 Å². The van der Waals surface area contributed by atoms with Crippen LogP contribution in [0.5, 0.6) is 0 Å². The third-order valence-electron chi connectivity index (χ3n) is 5.55. The van der Waals surface area contributed by atoms with Crippen molar-refractivity contribution >= 4 is 11.9 Å². The summed E-state index contributed by atoms with van der Waals surface area (Å²) in [6.45, 7) is 5.46. The summed E-state index contributed by atoms with van der Waals surface area (Å²) in [5.74, 6) is -0.889. The number of nitrogens with zero attached hydrogens (tertiary/aromatic N) is 2. The highest BCUT2D eigenvalue weighted by atomic mass is 16.5. The van der Waals surface area contributed by atoms with Gasteiger partial charge in [-0.15, -0.1) is 0 Å². The lowest BCUT2D eigenvalue weighted by Crippen LogP contribution is -2.52. The van der Waals surface area contributed by atoms with Crippen LogP contribution in [0, 0.1) is 25.2 Å². The van der Waals surface area contributed by atoms with Crippen molar-refractivity contribution < 1.29 is 14.3 Å². The summed E-state index contributed by atoms with van der Waals surface area (Å²) in [5.41, 5.74) is 1.63. The summed E-state index contributed by atoms with van der Waals surface area (Å²) in [6, 6.07) is 4.57. The zero-order valence-electron chi connectivity index (χ0n) is 15.8. The maximum Gasteiger partial charge on any atom is 0.340 e. The summed E-state index contributed by atoms with van der Waals surface area (Å²) in [5, 5.41) is 12.3. The van der Waals surface area contributed by atoms with Gasteiger partial charge in [0.15, 0.2) is 6.10 Å². The molecule has 1 aromatic rings. The van der Waals surface area contributed by atoms with Crippen LogP contribution in [0.2, 0.25) is 0 Å². The normalized spacial score (nSPS) is 20.1. The molecule has 6 nitrogen and oxygen atoms in total. The fourth-order valence-corrected chi connectivity index (χ4v) is 3.91. The van der Waals surface area contributed by atoms with E-state index in [4.69, 9.17) is 4.74 Å². The van der Waals surface area contributed by atoms with Crippen LogP contribution in [0.25, 0.3) is 0 Å². The summed E-state index contributed by atoms with van der Waals surface area (Å²) in [4.78, 5) is 25.0. The van der Waals surface area contributed by atoms with Crippen LogP contribution in [0.15, 0.2) is 6.07 Å². The fraction of sp³-hybridized carbons (Fsp3) is 0.650. The van der Waals surface area contributed by atoms with Crippen LogP contribution in [0.4, 0.5) is 0 Å². The third-order valence-corrected chi connectivity index (χ3v) is 5.55. The van der Waals surface area contributed by atoms with Crippen molar-refractivity contribution in [3.05, 3.63) is 23.0 Å². The molecule has 0 saturated heterocycles. The Labute approximate surface area is 154 Å². The van der Waals surface area contributed by atoms with Crippen molar-refractivity contribution in [1.29, 1.82) is 5.26 Å². The second-order valence-electron chi connectivity index (χ2n) is 7.68. The molecule has 2 aliphatic rings. The van der Waals surface area contributed by atoms with E-state index in [1.54, 1.807) is 6.92 Å². The van der Waals surface area contributed by atoms with Crippen molar-refractivity contribution in [3.8, 4) is 6.07 Å². The highest BCUT2D eigenvalue weighted by Crippen LogP contribution is 2.38. The average Bonchev–Trinajstić information content (AvgIpc) is 3.40. The van der Waals surface area contributed by atoms with Crippen LogP contribution in [-0.4, -0.2) is 28.1 Å². The first-order valence-corrected chi connectivity index (χ1v) is 9.49. The Bertz CT molecular complexity index is 749. The first kappa shape index (κ1) is 18.5. The summed E-state index contributed by atoms with van der Waals surface area (Å²) in [6.07, 6.45) is 5.58. The average molecular weight is 357 g/mol. The van der Waals surface area contributed by atoms with Gasteiger partial charge in [0.05, 0.1) is 11.6 Å². The van der Waals surface area contributed by atoms with Crippen molar-refractivity contribution in [2.75, 3.05) is 0 Å². The molecule has 0 unspecified atom stereocenters. The number of carbonyl (C=O) groups is 2. The van der Waals surface area contributed by atoms with Gasteiger partial charge in [-0.05, 0) is 52.5 Å². The molecular formula is C20H27N3O3. The van der Waals surface area contributed by atoms with Gasteiger partial charge < -0.3 is 14.6 Å². The van der Waals surface area contributed by atoms with Crippen molar-refractivity contribution in [3.63, 3.8) is 0 Å². The minimum absolute atomic E-state index is 0.405. The Morgan fingerprint density at radius 1 is 1.31 bits per heavy atom. The number of aromatic nitrogens is 1. The standard InChI is InChI=1S/C20H27N3O3/c1-13-11-17(14(2)23(13)16-7-8-16)19(25)26-15(3)18(24)22-20(12-21)9-5-4-6-10-20/h11,15-16H,4-10H2,1-3H3,(H,22,24)/t15-/m1/s1. The molecule has 0 aliphatic heterocycles. The van der Waals surface area contributed by atoms with E-state index in [0.717, 1.165) is 43.5 Å². The predicted octanol–water partition coefficient (Wildman–Crippen LogP) is 3.33. The maximum absolute atomic E-state index is 12.5. The predicted molar refractivity (Wildman–Crippen MR) is 96.6 cm³/mol. The van der Waals surface area contributed by atoms with E-state index in [1.165, 1.54) is 0 Å². The van der Waals surface area contributed by atoms with Gasteiger partial charge in [0, 0.05) is 17.4 Å². The van der Waals surface area contributed by atoms with Crippen LogP contribution >= 0.6 is 0 Å². The number of hydrogen-bond acceptors (Lipinski definition) is 4. The van der Waals surface area contributed by atoms with E-state index >= 15 is 0 Å². The molecule has 1 aromatic heterocycles. The lowest BCUT2D eigenvalue weighted by molar-refractivity contribution is -0.130. The Hall–Kier alpha value is -2.29. The number of amides is 1. The van der Waals surface area contributed by atoms with E-state index in [0.29, 0.717) is 24.4 Å². The number of rotatable bonds is 5. The number of nitrogens with one attached hydrogen (secondary N) is 1. The molecule has 3 rings (SSSR count). The number of hydrogen-bond donors (Lipinski definition) is 1. The van der Waals surface area contributed by atoms with Gasteiger partial charge in [0.2, 0.25) is 0 Å². The van der Waals surface area contributed by atoms with E-state index in [-0.39, 0.29) is 0 Å². The highest BCUT2D eigenvalue weighted by Gasteiger charge is 2.36. The molecule has 6 heteroatoms. The molecular weight excluding hydrogens is 330 g/mol. The van der Waals surface area contributed by atoms with E-state index in [2.05, 4.69) is 16.0 Å². The van der Waals surface area contributed by atoms with Gasteiger partial charge in [0.25, 0.3) is 5.91 Å². The summed E-state index contributed by atoms with van der Waals surface area (Å²) in [7, 11) is 0. The minimum Gasteiger partial charge on any atom is -0.449 e. The van der Waals surface area contributed by atoms with E-state index in [9.17, 15) is 14.9 Å². The van der Waals surface area contributed by atoms with Crippen LogP contribution in [0.1, 0.15) is 79.7 Å². The third kappa shape index (κ3) is 3.62. The second kappa shape index (κ2) is 7.14. The molecule has 1 amide bonds. The van der Waals surface area contributed by atoms with Gasteiger partial charge in [-0.25, -0.2) is 4.79 Å². The van der Waals surface area contributed by atoms with Crippen LogP contribution < -0.4 is 5.32 Å². The first-order chi connectivity index (χ1) is 12.4. The lowest BCUT2D eigenvalue weighted by atomic mass is 9.83. The molecule has 1 N–H and O–H groups in total. The monoisotopic (exact) mass is 357 g/mol. The SMILES string of the molecule is Cc1cc(C(=O)O[C@H](C)C(=O)NC2(C#N)CCCCC2)c(C)n1C1CC1. The van der Waals surface area contributed by atoms with Gasteiger partial charge in [-0.1, -0.05) is 19.3 Å². The van der Waals surface area contributed by atoms with Crippen molar-refractivity contribution in [1.82, 2.24) is 9.88 Å². The highest BCUT2D eigenvalue weighted by molar-refractivity contribution is 5.93. The van der Waals surface area contributed by atoms with Gasteiger partial charge in [-0.2, -0.15) is 5.26 Å². The minimum atomic E-state index is -0.932. The van der Waals surface area contributed by atoms with Gasteiger partial charge in [-0.3, -0.25) is 4.79 Å².